The monoisotopic (exact) mass is 336 g/mol. The second-order valence-electron chi connectivity index (χ2n) is 4.47. The molecular formula is C15H11BrF2N2. The van der Waals surface area contributed by atoms with Gasteiger partial charge in [0.15, 0.2) is 0 Å². The number of H-pyrrole nitrogens is 2. The number of hydrogen-bond donors (Lipinski definition) is 2. The van der Waals surface area contributed by atoms with Crippen molar-refractivity contribution in [3.05, 3.63) is 81.9 Å². The van der Waals surface area contributed by atoms with Gasteiger partial charge in [0.25, 0.3) is 0 Å². The number of halogens is 3. The molecule has 20 heavy (non-hydrogen) atoms. The summed E-state index contributed by atoms with van der Waals surface area (Å²) in [5, 5.41) is 0. The topological polar surface area (TPSA) is 31.6 Å². The molecule has 102 valence electrons. The molecular weight excluding hydrogens is 326 g/mol. The van der Waals surface area contributed by atoms with Crippen molar-refractivity contribution in [3.8, 4) is 0 Å². The normalized spacial score (nSPS) is 11.2. The first-order chi connectivity index (χ1) is 9.66. The van der Waals surface area contributed by atoms with Crippen LogP contribution in [-0.2, 0) is 0 Å². The highest BCUT2D eigenvalue weighted by atomic mass is 79.9. The molecule has 3 aromatic rings. The molecule has 0 fully saturated rings. The molecule has 3 rings (SSSR count). The lowest BCUT2D eigenvalue weighted by Crippen LogP contribution is -2.07. The van der Waals surface area contributed by atoms with E-state index >= 15 is 0 Å². The Labute approximate surface area is 123 Å². The summed E-state index contributed by atoms with van der Waals surface area (Å²) in [7, 11) is 0. The van der Waals surface area contributed by atoms with E-state index in [1.807, 2.05) is 24.3 Å². The van der Waals surface area contributed by atoms with Gasteiger partial charge < -0.3 is 9.97 Å². The van der Waals surface area contributed by atoms with E-state index in [0.29, 0.717) is 5.56 Å². The maximum Gasteiger partial charge on any atom is 0.140 e. The number of aromatic nitrogens is 2. The van der Waals surface area contributed by atoms with Gasteiger partial charge in [0.05, 0.1) is 10.4 Å². The van der Waals surface area contributed by atoms with Gasteiger partial charge >= 0.3 is 0 Å². The molecule has 0 unspecified atom stereocenters. The first kappa shape index (κ1) is 13.1. The van der Waals surface area contributed by atoms with E-state index in [0.717, 1.165) is 17.5 Å². The quantitative estimate of drug-likeness (QED) is 0.657. The third-order valence-electron chi connectivity index (χ3n) is 3.22. The van der Waals surface area contributed by atoms with Gasteiger partial charge in [0.1, 0.15) is 11.6 Å². The fraction of sp³-hybridized carbons (Fsp3) is 0.0667. The van der Waals surface area contributed by atoms with Crippen LogP contribution >= 0.6 is 15.9 Å². The number of nitrogens with one attached hydrogen (secondary N) is 2. The van der Waals surface area contributed by atoms with Gasteiger partial charge in [-0.2, -0.15) is 0 Å². The Hall–Kier alpha value is -1.88. The standard InChI is InChI=1S/C15H11BrF2N2/c16-10-7-9(11(17)8-12(10)18)15(13-3-1-5-19-13)14-4-2-6-20-14/h1-8,15,19-20H. The minimum atomic E-state index is -0.608. The van der Waals surface area contributed by atoms with Gasteiger partial charge in [0, 0.05) is 35.4 Å². The minimum absolute atomic E-state index is 0.247. The predicted octanol–water partition coefficient (Wildman–Crippen LogP) is 4.56. The number of benzene rings is 1. The molecule has 0 aliphatic carbocycles. The van der Waals surface area contributed by atoms with E-state index in [2.05, 4.69) is 25.9 Å². The van der Waals surface area contributed by atoms with Crippen molar-refractivity contribution < 1.29 is 8.78 Å². The van der Waals surface area contributed by atoms with Gasteiger partial charge in [-0.3, -0.25) is 0 Å². The SMILES string of the molecule is Fc1cc(F)c(C(c2ccc[nH]2)c2ccc[nH]2)cc1Br. The van der Waals surface area contributed by atoms with E-state index in [-0.39, 0.29) is 10.4 Å². The van der Waals surface area contributed by atoms with Crippen molar-refractivity contribution in [2.24, 2.45) is 0 Å². The third kappa shape index (κ3) is 2.29. The van der Waals surface area contributed by atoms with E-state index in [1.165, 1.54) is 6.07 Å². The molecule has 0 aliphatic rings. The third-order valence-corrected chi connectivity index (χ3v) is 3.82. The zero-order chi connectivity index (χ0) is 14.1. The van der Waals surface area contributed by atoms with Crippen LogP contribution in [0.15, 0.2) is 53.3 Å². The zero-order valence-corrected chi connectivity index (χ0v) is 11.9. The molecule has 2 aromatic heterocycles. The Morgan fingerprint density at radius 2 is 1.50 bits per heavy atom. The molecule has 5 heteroatoms. The number of rotatable bonds is 3. The highest BCUT2D eigenvalue weighted by molar-refractivity contribution is 9.10. The van der Waals surface area contributed by atoms with Gasteiger partial charge in [0.2, 0.25) is 0 Å². The average Bonchev–Trinajstić information content (AvgIpc) is 3.09. The van der Waals surface area contributed by atoms with Crippen LogP contribution in [0.4, 0.5) is 8.78 Å². The Kier molecular flexibility index (Phi) is 3.44. The van der Waals surface area contributed by atoms with Crippen LogP contribution in [0, 0.1) is 11.6 Å². The van der Waals surface area contributed by atoms with Crippen molar-refractivity contribution in [2.45, 2.75) is 5.92 Å². The lowest BCUT2D eigenvalue weighted by Gasteiger charge is -2.16. The lowest BCUT2D eigenvalue weighted by molar-refractivity contribution is 0.565. The molecule has 0 aliphatic heterocycles. The Morgan fingerprint density at radius 1 is 0.900 bits per heavy atom. The van der Waals surface area contributed by atoms with E-state index < -0.39 is 11.6 Å². The molecule has 1 aromatic carbocycles. The first-order valence-corrected chi connectivity index (χ1v) is 6.87. The van der Waals surface area contributed by atoms with Crippen LogP contribution in [0.1, 0.15) is 22.9 Å². The highest BCUT2D eigenvalue weighted by Crippen LogP contribution is 2.34. The van der Waals surface area contributed by atoms with Gasteiger partial charge in [-0.25, -0.2) is 8.78 Å². The van der Waals surface area contributed by atoms with Gasteiger partial charge in [-0.15, -0.1) is 0 Å². The molecule has 0 atom stereocenters. The summed E-state index contributed by atoms with van der Waals surface area (Å²) < 4.78 is 27.8. The Bertz CT molecular complexity index is 672. The summed E-state index contributed by atoms with van der Waals surface area (Å²) in [4.78, 5) is 6.18. The molecule has 0 spiro atoms. The summed E-state index contributed by atoms with van der Waals surface area (Å²) in [6.07, 6.45) is 3.56. The largest absolute Gasteiger partial charge is 0.364 e. The summed E-state index contributed by atoms with van der Waals surface area (Å²) in [6.45, 7) is 0. The second kappa shape index (κ2) is 5.25. The smallest absolute Gasteiger partial charge is 0.140 e. The average molecular weight is 337 g/mol. The molecule has 0 radical (unpaired) electrons. The summed E-state index contributed by atoms with van der Waals surface area (Å²) in [5.74, 6) is -1.51. The van der Waals surface area contributed by atoms with Crippen LogP contribution in [0.25, 0.3) is 0 Å². The molecule has 2 nitrogen and oxygen atoms in total. The summed E-state index contributed by atoms with van der Waals surface area (Å²) >= 11 is 3.11. The lowest BCUT2D eigenvalue weighted by atomic mass is 9.92. The molecule has 0 saturated heterocycles. The minimum Gasteiger partial charge on any atom is -0.364 e. The van der Waals surface area contributed by atoms with Gasteiger partial charge in [-0.05, 0) is 46.3 Å². The van der Waals surface area contributed by atoms with Crippen molar-refractivity contribution in [1.82, 2.24) is 9.97 Å². The molecule has 0 amide bonds. The Morgan fingerprint density at radius 3 is 2.00 bits per heavy atom. The second-order valence-corrected chi connectivity index (χ2v) is 5.33. The predicted molar refractivity (Wildman–Crippen MR) is 76.6 cm³/mol. The molecule has 2 heterocycles. The van der Waals surface area contributed by atoms with E-state index in [1.54, 1.807) is 12.4 Å². The van der Waals surface area contributed by atoms with E-state index in [9.17, 15) is 8.78 Å². The molecule has 0 saturated carbocycles. The number of aromatic amines is 2. The highest BCUT2D eigenvalue weighted by Gasteiger charge is 2.23. The fourth-order valence-electron chi connectivity index (χ4n) is 2.31. The van der Waals surface area contributed by atoms with E-state index in [4.69, 9.17) is 0 Å². The van der Waals surface area contributed by atoms with Crippen molar-refractivity contribution in [2.75, 3.05) is 0 Å². The summed E-state index contributed by atoms with van der Waals surface area (Å²) in [5.41, 5.74) is 2.08. The van der Waals surface area contributed by atoms with Crippen LogP contribution < -0.4 is 0 Å². The number of hydrogen-bond acceptors (Lipinski definition) is 0. The van der Waals surface area contributed by atoms with Crippen LogP contribution in [0.3, 0.4) is 0 Å². The summed E-state index contributed by atoms with van der Waals surface area (Å²) in [6, 6.07) is 9.84. The maximum atomic E-state index is 14.2. The zero-order valence-electron chi connectivity index (χ0n) is 10.3. The molecule has 0 bridgehead atoms. The van der Waals surface area contributed by atoms with Crippen molar-refractivity contribution >= 4 is 15.9 Å². The van der Waals surface area contributed by atoms with Crippen molar-refractivity contribution in [3.63, 3.8) is 0 Å². The first-order valence-electron chi connectivity index (χ1n) is 6.08. The van der Waals surface area contributed by atoms with Crippen LogP contribution in [0.5, 0.6) is 0 Å². The van der Waals surface area contributed by atoms with Crippen LogP contribution in [0.2, 0.25) is 0 Å². The van der Waals surface area contributed by atoms with Crippen LogP contribution in [-0.4, -0.2) is 9.97 Å². The van der Waals surface area contributed by atoms with Gasteiger partial charge in [-0.1, -0.05) is 0 Å². The van der Waals surface area contributed by atoms with Crippen molar-refractivity contribution in [1.29, 1.82) is 0 Å². The fourth-order valence-corrected chi connectivity index (χ4v) is 2.67. The molecule has 2 N–H and O–H groups in total. The Balaban J connectivity index is 2.18. The maximum absolute atomic E-state index is 14.2.